The minimum Gasteiger partial charge on any atom is -0.455 e. The molecule has 0 aliphatic carbocycles. The molecule has 0 fully saturated rings. The maximum atomic E-state index is 13.2. The van der Waals surface area contributed by atoms with E-state index in [9.17, 15) is 9.18 Å². The smallest absolute Gasteiger partial charge is 0.355 e. The van der Waals surface area contributed by atoms with Crippen LogP contribution in [0.15, 0.2) is 55.0 Å². The van der Waals surface area contributed by atoms with Crippen LogP contribution >= 0.6 is 0 Å². The van der Waals surface area contributed by atoms with E-state index in [0.717, 1.165) is 16.4 Å². The fourth-order valence-electron chi connectivity index (χ4n) is 2.57. The van der Waals surface area contributed by atoms with Crippen LogP contribution in [0.4, 0.5) is 4.39 Å². The van der Waals surface area contributed by atoms with E-state index in [-0.39, 0.29) is 12.4 Å². The summed E-state index contributed by atoms with van der Waals surface area (Å²) in [6.45, 7) is 0.0835. The molecule has 0 bridgehead atoms. The number of hydrogen-bond donors (Lipinski definition) is 1. The lowest BCUT2D eigenvalue weighted by atomic mass is 10.2. The van der Waals surface area contributed by atoms with Gasteiger partial charge in [-0.25, -0.2) is 14.2 Å². The first kappa shape index (κ1) is 13.5. The highest BCUT2D eigenvalue weighted by Gasteiger charge is 2.12. The standard InChI is InChI=1S/C17H12FN3O2/c18-12-4-5-15-11(6-12)7-13(20-15)9-23-17(22)16-3-1-2-14-8-19-10-21(14)16/h1-8,10,20H,9H2. The number of carbonyl (C=O) groups is 1. The maximum absolute atomic E-state index is 13.2. The summed E-state index contributed by atoms with van der Waals surface area (Å²) in [5.74, 6) is -0.745. The summed E-state index contributed by atoms with van der Waals surface area (Å²) in [5, 5.41) is 0.743. The van der Waals surface area contributed by atoms with Crippen molar-refractivity contribution < 1.29 is 13.9 Å². The molecule has 3 aromatic heterocycles. The van der Waals surface area contributed by atoms with E-state index in [0.29, 0.717) is 11.4 Å². The highest BCUT2D eigenvalue weighted by Crippen LogP contribution is 2.17. The van der Waals surface area contributed by atoms with E-state index in [4.69, 9.17) is 4.74 Å². The highest BCUT2D eigenvalue weighted by atomic mass is 19.1. The molecule has 4 rings (SSSR count). The SMILES string of the molecule is O=C(OCc1cc2cc(F)ccc2[nH]1)c1cccc2cncn12. The summed E-state index contributed by atoms with van der Waals surface area (Å²) in [5.41, 5.74) is 2.73. The van der Waals surface area contributed by atoms with E-state index in [1.54, 1.807) is 41.2 Å². The third-order valence-electron chi connectivity index (χ3n) is 3.65. The van der Waals surface area contributed by atoms with Crippen molar-refractivity contribution in [3.8, 4) is 0 Å². The second-order valence-electron chi connectivity index (χ2n) is 5.20. The highest BCUT2D eigenvalue weighted by molar-refractivity contribution is 5.88. The van der Waals surface area contributed by atoms with Gasteiger partial charge in [0.05, 0.1) is 23.7 Å². The van der Waals surface area contributed by atoms with E-state index < -0.39 is 5.97 Å². The lowest BCUT2D eigenvalue weighted by Gasteiger charge is -2.05. The number of ether oxygens (including phenoxy) is 1. The number of esters is 1. The lowest BCUT2D eigenvalue weighted by molar-refractivity contribution is 0.0460. The summed E-state index contributed by atoms with van der Waals surface area (Å²) >= 11 is 0. The van der Waals surface area contributed by atoms with Gasteiger partial charge < -0.3 is 9.72 Å². The minimum atomic E-state index is -0.446. The molecule has 3 heterocycles. The molecule has 0 saturated carbocycles. The average Bonchev–Trinajstić information content (AvgIpc) is 3.17. The molecule has 4 aromatic rings. The van der Waals surface area contributed by atoms with E-state index in [1.165, 1.54) is 12.1 Å². The molecule has 0 spiro atoms. The van der Waals surface area contributed by atoms with Crippen molar-refractivity contribution in [3.63, 3.8) is 0 Å². The van der Waals surface area contributed by atoms with Gasteiger partial charge in [-0.1, -0.05) is 6.07 Å². The number of carbonyl (C=O) groups excluding carboxylic acids is 1. The molecule has 0 atom stereocenters. The largest absolute Gasteiger partial charge is 0.455 e. The van der Waals surface area contributed by atoms with Crippen LogP contribution in [0.5, 0.6) is 0 Å². The first-order valence-electron chi connectivity index (χ1n) is 7.06. The zero-order valence-corrected chi connectivity index (χ0v) is 12.0. The Morgan fingerprint density at radius 2 is 2.17 bits per heavy atom. The van der Waals surface area contributed by atoms with Gasteiger partial charge in [0, 0.05) is 10.9 Å². The second-order valence-corrected chi connectivity index (χ2v) is 5.20. The summed E-state index contributed by atoms with van der Waals surface area (Å²) in [4.78, 5) is 19.4. The molecule has 114 valence electrons. The van der Waals surface area contributed by atoms with Gasteiger partial charge in [0.15, 0.2) is 0 Å². The van der Waals surface area contributed by atoms with Crippen LogP contribution in [0.25, 0.3) is 16.4 Å². The molecule has 0 amide bonds. The molecular formula is C17H12FN3O2. The number of nitrogens with one attached hydrogen (secondary N) is 1. The lowest BCUT2D eigenvalue weighted by Crippen LogP contribution is -2.09. The van der Waals surface area contributed by atoms with Crippen molar-refractivity contribution >= 4 is 22.4 Å². The molecule has 0 aliphatic rings. The van der Waals surface area contributed by atoms with E-state index in [2.05, 4.69) is 9.97 Å². The van der Waals surface area contributed by atoms with E-state index in [1.807, 2.05) is 6.07 Å². The summed E-state index contributed by atoms with van der Waals surface area (Å²) in [7, 11) is 0. The molecule has 0 radical (unpaired) electrons. The second kappa shape index (κ2) is 5.24. The number of fused-ring (bicyclic) bond motifs is 2. The number of rotatable bonds is 3. The number of hydrogen-bond acceptors (Lipinski definition) is 3. The van der Waals surface area contributed by atoms with Gasteiger partial charge in [-0.2, -0.15) is 0 Å². The van der Waals surface area contributed by atoms with Crippen molar-refractivity contribution in [2.75, 3.05) is 0 Å². The van der Waals surface area contributed by atoms with Gasteiger partial charge in [0.25, 0.3) is 0 Å². The Bertz CT molecular complexity index is 1020. The van der Waals surface area contributed by atoms with Crippen LogP contribution in [-0.4, -0.2) is 20.3 Å². The Labute approximate surface area is 130 Å². The van der Waals surface area contributed by atoms with Crippen LogP contribution in [0.2, 0.25) is 0 Å². The van der Waals surface area contributed by atoms with Crippen molar-refractivity contribution in [1.29, 1.82) is 0 Å². The van der Waals surface area contributed by atoms with Crippen LogP contribution in [0, 0.1) is 5.82 Å². The maximum Gasteiger partial charge on any atom is 0.355 e. The molecule has 1 aromatic carbocycles. The topological polar surface area (TPSA) is 59.4 Å². The van der Waals surface area contributed by atoms with Gasteiger partial charge in [-0.05, 0) is 36.4 Å². The number of benzene rings is 1. The van der Waals surface area contributed by atoms with Crippen molar-refractivity contribution in [1.82, 2.24) is 14.4 Å². The molecule has 1 N–H and O–H groups in total. The quantitative estimate of drug-likeness (QED) is 0.591. The van der Waals surface area contributed by atoms with Crippen molar-refractivity contribution in [2.24, 2.45) is 0 Å². The number of aromatic nitrogens is 3. The Balaban J connectivity index is 1.55. The number of halogens is 1. The van der Waals surface area contributed by atoms with Crippen LogP contribution in [-0.2, 0) is 11.3 Å². The van der Waals surface area contributed by atoms with Gasteiger partial charge in [0.2, 0.25) is 0 Å². The Hall–Kier alpha value is -3.15. The molecule has 23 heavy (non-hydrogen) atoms. The zero-order valence-electron chi connectivity index (χ0n) is 12.0. The van der Waals surface area contributed by atoms with Crippen molar-refractivity contribution in [3.05, 3.63) is 72.2 Å². The fourth-order valence-corrected chi connectivity index (χ4v) is 2.57. The minimum absolute atomic E-state index is 0.0835. The summed E-state index contributed by atoms with van der Waals surface area (Å²) in [6, 6.07) is 11.6. The molecule has 0 unspecified atom stereocenters. The number of pyridine rings is 1. The summed E-state index contributed by atoms with van der Waals surface area (Å²) < 4.78 is 20.2. The molecule has 0 aliphatic heterocycles. The monoisotopic (exact) mass is 309 g/mol. The summed E-state index contributed by atoms with van der Waals surface area (Å²) in [6.07, 6.45) is 3.24. The van der Waals surface area contributed by atoms with Gasteiger partial charge in [-0.3, -0.25) is 4.40 Å². The predicted octanol–water partition coefficient (Wildman–Crippen LogP) is 3.31. The van der Waals surface area contributed by atoms with E-state index >= 15 is 0 Å². The fraction of sp³-hybridized carbons (Fsp3) is 0.0588. The number of H-pyrrole nitrogens is 1. The molecule has 6 heteroatoms. The van der Waals surface area contributed by atoms with Gasteiger partial charge >= 0.3 is 5.97 Å². The van der Waals surface area contributed by atoms with Crippen molar-refractivity contribution in [2.45, 2.75) is 6.61 Å². The first-order chi connectivity index (χ1) is 11.2. The number of nitrogens with zero attached hydrogens (tertiary/aromatic N) is 2. The van der Waals surface area contributed by atoms with Gasteiger partial charge in [0.1, 0.15) is 18.1 Å². The third kappa shape index (κ3) is 2.44. The number of imidazole rings is 1. The Morgan fingerprint density at radius 1 is 1.26 bits per heavy atom. The zero-order chi connectivity index (χ0) is 15.8. The normalized spacial score (nSPS) is 11.2. The number of aromatic amines is 1. The Kier molecular flexibility index (Phi) is 3.08. The van der Waals surface area contributed by atoms with Gasteiger partial charge in [-0.15, -0.1) is 0 Å². The molecular weight excluding hydrogens is 297 g/mol. The Morgan fingerprint density at radius 3 is 3.09 bits per heavy atom. The van der Waals surface area contributed by atoms with Crippen LogP contribution < -0.4 is 0 Å². The molecule has 0 saturated heterocycles. The molecule has 5 nitrogen and oxygen atoms in total. The third-order valence-corrected chi connectivity index (χ3v) is 3.65. The van der Waals surface area contributed by atoms with Crippen LogP contribution in [0.3, 0.4) is 0 Å². The predicted molar refractivity (Wildman–Crippen MR) is 82.6 cm³/mol. The average molecular weight is 309 g/mol. The first-order valence-corrected chi connectivity index (χ1v) is 7.06. The van der Waals surface area contributed by atoms with Crippen LogP contribution in [0.1, 0.15) is 16.2 Å².